The molecule has 1 saturated heterocycles. The molecular formula is C16H21NO3. The van der Waals surface area contributed by atoms with Crippen LogP contribution in [0.4, 0.5) is 0 Å². The average Bonchev–Trinajstić information content (AvgIpc) is 2.47. The Labute approximate surface area is 119 Å². The lowest BCUT2D eigenvalue weighted by Crippen LogP contribution is -2.36. The van der Waals surface area contributed by atoms with Crippen molar-refractivity contribution in [3.63, 3.8) is 0 Å². The molecule has 1 heterocycles. The number of carboxylic acid groups (broad SMARTS) is 1. The van der Waals surface area contributed by atoms with E-state index in [0.717, 1.165) is 38.0 Å². The van der Waals surface area contributed by atoms with Gasteiger partial charge in [-0.2, -0.15) is 0 Å². The summed E-state index contributed by atoms with van der Waals surface area (Å²) in [6.45, 7) is 2.90. The van der Waals surface area contributed by atoms with Crippen LogP contribution in [0.15, 0.2) is 30.3 Å². The van der Waals surface area contributed by atoms with Gasteiger partial charge in [0, 0.05) is 32.8 Å². The zero-order valence-electron chi connectivity index (χ0n) is 11.8. The second kappa shape index (κ2) is 7.22. The molecular weight excluding hydrogens is 254 g/mol. The Balaban J connectivity index is 2.01. The molecule has 1 fully saturated rings. The van der Waals surface area contributed by atoms with Gasteiger partial charge in [0.05, 0.1) is 6.10 Å². The number of carbonyl (C=O) groups is 1. The van der Waals surface area contributed by atoms with Gasteiger partial charge in [-0.1, -0.05) is 24.3 Å². The third-order valence-electron chi connectivity index (χ3n) is 3.72. The molecule has 0 atom stereocenters. The van der Waals surface area contributed by atoms with Crippen LogP contribution in [-0.4, -0.2) is 42.3 Å². The fraction of sp³-hybridized carbons (Fsp3) is 0.438. The maximum atomic E-state index is 10.6. The highest BCUT2D eigenvalue weighted by Crippen LogP contribution is 2.18. The molecule has 4 nitrogen and oxygen atoms in total. The van der Waals surface area contributed by atoms with Crippen molar-refractivity contribution in [1.29, 1.82) is 0 Å². The van der Waals surface area contributed by atoms with E-state index in [1.54, 1.807) is 13.2 Å². The molecule has 1 aliphatic rings. The van der Waals surface area contributed by atoms with Gasteiger partial charge in [0.15, 0.2) is 0 Å². The molecule has 0 bridgehead atoms. The van der Waals surface area contributed by atoms with Crippen LogP contribution in [0.25, 0.3) is 6.08 Å². The van der Waals surface area contributed by atoms with Gasteiger partial charge in [-0.3, -0.25) is 4.90 Å². The Morgan fingerprint density at radius 1 is 1.40 bits per heavy atom. The maximum absolute atomic E-state index is 10.6. The van der Waals surface area contributed by atoms with Gasteiger partial charge >= 0.3 is 5.97 Å². The van der Waals surface area contributed by atoms with Crippen molar-refractivity contribution in [2.45, 2.75) is 25.5 Å². The van der Waals surface area contributed by atoms with Gasteiger partial charge in [-0.15, -0.1) is 0 Å². The van der Waals surface area contributed by atoms with Crippen LogP contribution >= 0.6 is 0 Å². The van der Waals surface area contributed by atoms with Crippen LogP contribution in [0.5, 0.6) is 0 Å². The number of likely N-dealkylation sites (tertiary alicyclic amines) is 1. The molecule has 1 aromatic rings. The number of methoxy groups -OCH3 is 1. The summed E-state index contributed by atoms with van der Waals surface area (Å²) >= 11 is 0. The van der Waals surface area contributed by atoms with Crippen LogP contribution < -0.4 is 0 Å². The molecule has 0 amide bonds. The first-order chi connectivity index (χ1) is 9.69. The first kappa shape index (κ1) is 14.8. The van der Waals surface area contributed by atoms with Crippen molar-refractivity contribution >= 4 is 12.0 Å². The largest absolute Gasteiger partial charge is 0.478 e. The molecule has 20 heavy (non-hydrogen) atoms. The van der Waals surface area contributed by atoms with Gasteiger partial charge in [-0.05, 0) is 30.0 Å². The van der Waals surface area contributed by atoms with E-state index in [1.165, 1.54) is 11.6 Å². The predicted octanol–water partition coefficient (Wildman–Crippen LogP) is 2.40. The van der Waals surface area contributed by atoms with E-state index in [2.05, 4.69) is 11.0 Å². The number of aliphatic carboxylic acids is 1. The molecule has 0 unspecified atom stereocenters. The summed E-state index contributed by atoms with van der Waals surface area (Å²) in [5, 5.41) is 8.73. The van der Waals surface area contributed by atoms with E-state index in [1.807, 2.05) is 18.2 Å². The maximum Gasteiger partial charge on any atom is 0.328 e. The number of nitrogens with zero attached hydrogens (tertiary/aromatic N) is 1. The summed E-state index contributed by atoms with van der Waals surface area (Å²) in [5.74, 6) is -0.916. The minimum atomic E-state index is -0.916. The molecule has 4 heteroatoms. The highest BCUT2D eigenvalue weighted by molar-refractivity contribution is 5.85. The van der Waals surface area contributed by atoms with Gasteiger partial charge in [0.1, 0.15) is 0 Å². The third kappa shape index (κ3) is 4.18. The van der Waals surface area contributed by atoms with Crippen molar-refractivity contribution in [1.82, 2.24) is 4.90 Å². The van der Waals surface area contributed by atoms with Crippen LogP contribution in [0.1, 0.15) is 24.0 Å². The van der Waals surface area contributed by atoms with Gasteiger partial charge in [0.2, 0.25) is 0 Å². The number of rotatable bonds is 5. The lowest BCUT2D eigenvalue weighted by molar-refractivity contribution is -0.131. The summed E-state index contributed by atoms with van der Waals surface area (Å²) in [4.78, 5) is 13.0. The first-order valence-corrected chi connectivity index (χ1v) is 6.93. The normalized spacial score (nSPS) is 17.6. The Hall–Kier alpha value is -1.65. The number of hydrogen-bond acceptors (Lipinski definition) is 3. The van der Waals surface area contributed by atoms with Crippen molar-refractivity contribution in [3.8, 4) is 0 Å². The molecule has 0 aliphatic carbocycles. The van der Waals surface area contributed by atoms with Crippen LogP contribution in [-0.2, 0) is 16.1 Å². The lowest BCUT2D eigenvalue weighted by atomic mass is 10.0. The quantitative estimate of drug-likeness (QED) is 0.838. The molecule has 1 N–H and O–H groups in total. The SMILES string of the molecule is COC1CCN(Cc2ccccc2C=CC(=O)O)CC1. The molecule has 0 radical (unpaired) electrons. The summed E-state index contributed by atoms with van der Waals surface area (Å²) in [6.07, 6.45) is 5.36. The lowest BCUT2D eigenvalue weighted by Gasteiger charge is -2.31. The standard InChI is InChI=1S/C16H21NO3/c1-20-15-8-10-17(11-9-15)12-14-5-3-2-4-13(14)6-7-16(18)19/h2-7,15H,8-12H2,1H3,(H,18,19). The van der Waals surface area contributed by atoms with Crippen molar-refractivity contribution in [3.05, 3.63) is 41.5 Å². The number of piperidine rings is 1. The van der Waals surface area contributed by atoms with Crippen LogP contribution in [0.3, 0.4) is 0 Å². The first-order valence-electron chi connectivity index (χ1n) is 6.93. The van der Waals surface area contributed by atoms with E-state index < -0.39 is 5.97 Å². The number of carboxylic acids is 1. The second-order valence-corrected chi connectivity index (χ2v) is 5.08. The Morgan fingerprint density at radius 3 is 2.75 bits per heavy atom. The Bertz CT molecular complexity index is 476. The van der Waals surface area contributed by atoms with E-state index in [0.29, 0.717) is 6.10 Å². The highest BCUT2D eigenvalue weighted by Gasteiger charge is 2.18. The molecule has 2 rings (SSSR count). The molecule has 1 aliphatic heterocycles. The topological polar surface area (TPSA) is 49.8 Å². The summed E-state index contributed by atoms with van der Waals surface area (Å²) in [5.41, 5.74) is 2.14. The molecule has 0 spiro atoms. The molecule has 1 aromatic carbocycles. The summed E-state index contributed by atoms with van der Waals surface area (Å²) in [7, 11) is 1.77. The molecule has 108 valence electrons. The van der Waals surface area contributed by atoms with Gasteiger partial charge in [0.25, 0.3) is 0 Å². The van der Waals surface area contributed by atoms with Crippen molar-refractivity contribution < 1.29 is 14.6 Å². The third-order valence-corrected chi connectivity index (χ3v) is 3.72. The smallest absolute Gasteiger partial charge is 0.328 e. The molecule has 0 saturated carbocycles. The van der Waals surface area contributed by atoms with E-state index in [4.69, 9.17) is 9.84 Å². The number of benzene rings is 1. The van der Waals surface area contributed by atoms with Gasteiger partial charge in [-0.25, -0.2) is 4.79 Å². The Kier molecular flexibility index (Phi) is 5.32. The fourth-order valence-electron chi connectivity index (χ4n) is 2.55. The predicted molar refractivity (Wildman–Crippen MR) is 78.4 cm³/mol. The van der Waals surface area contributed by atoms with E-state index in [9.17, 15) is 4.79 Å². The monoisotopic (exact) mass is 275 g/mol. The van der Waals surface area contributed by atoms with Crippen molar-refractivity contribution in [2.24, 2.45) is 0 Å². The average molecular weight is 275 g/mol. The summed E-state index contributed by atoms with van der Waals surface area (Å²) in [6, 6.07) is 7.94. The molecule has 0 aromatic heterocycles. The van der Waals surface area contributed by atoms with Crippen LogP contribution in [0.2, 0.25) is 0 Å². The summed E-state index contributed by atoms with van der Waals surface area (Å²) < 4.78 is 5.38. The Morgan fingerprint density at radius 2 is 2.10 bits per heavy atom. The number of hydrogen-bond donors (Lipinski definition) is 1. The minimum absolute atomic E-state index is 0.383. The van der Waals surface area contributed by atoms with E-state index in [-0.39, 0.29) is 0 Å². The van der Waals surface area contributed by atoms with Crippen molar-refractivity contribution in [2.75, 3.05) is 20.2 Å². The van der Waals surface area contributed by atoms with E-state index >= 15 is 0 Å². The van der Waals surface area contributed by atoms with Gasteiger partial charge < -0.3 is 9.84 Å². The second-order valence-electron chi connectivity index (χ2n) is 5.08. The zero-order valence-corrected chi connectivity index (χ0v) is 11.8. The minimum Gasteiger partial charge on any atom is -0.478 e. The highest BCUT2D eigenvalue weighted by atomic mass is 16.5. The number of ether oxygens (including phenoxy) is 1. The zero-order chi connectivity index (χ0) is 14.4. The van der Waals surface area contributed by atoms with Crippen LogP contribution in [0, 0.1) is 0 Å². The fourth-order valence-corrected chi connectivity index (χ4v) is 2.55.